The third kappa shape index (κ3) is 4.18. The zero-order valence-electron chi connectivity index (χ0n) is 14.1. The molecular weight excluding hydrogens is 335 g/mol. The molecule has 1 saturated heterocycles. The number of carboxylic acid groups (broad SMARTS) is 1. The van der Waals surface area contributed by atoms with Gasteiger partial charge in [-0.3, -0.25) is 0 Å². The van der Waals surface area contributed by atoms with Gasteiger partial charge in [0.15, 0.2) is 0 Å². The molecule has 7 heteroatoms. The van der Waals surface area contributed by atoms with Crippen LogP contribution in [0, 0.1) is 17.2 Å². The summed E-state index contributed by atoms with van der Waals surface area (Å²) in [7, 11) is 0. The van der Waals surface area contributed by atoms with Crippen molar-refractivity contribution in [2.24, 2.45) is 17.1 Å². The number of ether oxygens (including phenoxy) is 1. The minimum absolute atomic E-state index is 0.0382. The van der Waals surface area contributed by atoms with E-state index in [-0.39, 0.29) is 42.1 Å². The van der Waals surface area contributed by atoms with E-state index >= 15 is 0 Å². The Bertz CT molecular complexity index is 606. The minimum Gasteiger partial charge on any atom is -0.465 e. The molecule has 3 N–H and O–H groups in total. The van der Waals surface area contributed by atoms with E-state index in [9.17, 15) is 14.3 Å². The smallest absolute Gasteiger partial charge is 0.407 e. The Morgan fingerprint density at radius 3 is 2.62 bits per heavy atom. The predicted octanol–water partition coefficient (Wildman–Crippen LogP) is 3.52. The summed E-state index contributed by atoms with van der Waals surface area (Å²) in [5, 5.41) is 9.49. The van der Waals surface area contributed by atoms with E-state index in [4.69, 9.17) is 22.1 Å². The molecule has 1 fully saturated rings. The van der Waals surface area contributed by atoms with Gasteiger partial charge in [-0.2, -0.15) is 0 Å². The average molecular weight is 359 g/mol. The maximum atomic E-state index is 13.9. The molecule has 2 rings (SSSR count). The largest absolute Gasteiger partial charge is 0.465 e. The second-order valence-corrected chi connectivity index (χ2v) is 7.68. The van der Waals surface area contributed by atoms with Gasteiger partial charge in [0.25, 0.3) is 0 Å². The number of nitrogens with zero attached hydrogens (tertiary/aromatic N) is 1. The van der Waals surface area contributed by atoms with Crippen molar-refractivity contribution in [3.63, 3.8) is 0 Å². The number of amides is 1. The van der Waals surface area contributed by atoms with E-state index in [2.05, 4.69) is 0 Å². The summed E-state index contributed by atoms with van der Waals surface area (Å²) in [6.45, 7) is 6.69. The third-order valence-electron chi connectivity index (χ3n) is 4.39. The SMILES string of the molecule is CC(C)(C)C1CN(C(=O)O)C[C@@H](CN)[C@H](c2ccc(Cl)c(F)c2)O1. The number of halogens is 2. The van der Waals surface area contributed by atoms with Crippen LogP contribution < -0.4 is 5.73 Å². The Labute approximate surface area is 146 Å². The van der Waals surface area contributed by atoms with Crippen molar-refractivity contribution in [1.29, 1.82) is 0 Å². The zero-order chi connectivity index (χ0) is 18.1. The van der Waals surface area contributed by atoms with Crippen LogP contribution in [0.5, 0.6) is 0 Å². The monoisotopic (exact) mass is 358 g/mol. The van der Waals surface area contributed by atoms with Crippen molar-refractivity contribution < 1.29 is 19.0 Å². The highest BCUT2D eigenvalue weighted by molar-refractivity contribution is 6.30. The standard InChI is InChI=1S/C17H24ClFN2O3/c1-17(2,3)14-9-21(16(22)23)8-11(7-20)15(24-14)10-4-5-12(18)13(19)6-10/h4-6,11,14-15H,7-9,20H2,1-3H3,(H,22,23)/t11-,14?,15+/m1/s1. The number of hydrogen-bond acceptors (Lipinski definition) is 3. The maximum absolute atomic E-state index is 13.9. The Morgan fingerprint density at radius 2 is 2.12 bits per heavy atom. The number of benzene rings is 1. The summed E-state index contributed by atoms with van der Waals surface area (Å²) < 4.78 is 20.1. The molecule has 1 heterocycles. The summed E-state index contributed by atoms with van der Waals surface area (Å²) in [6, 6.07) is 4.52. The van der Waals surface area contributed by atoms with Gasteiger partial charge in [-0.25, -0.2) is 9.18 Å². The van der Waals surface area contributed by atoms with Crippen LogP contribution in [-0.4, -0.2) is 41.8 Å². The first kappa shape index (κ1) is 19.0. The van der Waals surface area contributed by atoms with E-state index in [1.807, 2.05) is 20.8 Å². The summed E-state index contributed by atoms with van der Waals surface area (Å²) >= 11 is 5.76. The molecule has 5 nitrogen and oxygen atoms in total. The lowest BCUT2D eigenvalue weighted by atomic mass is 9.88. The molecule has 0 radical (unpaired) electrons. The Balaban J connectivity index is 2.42. The second-order valence-electron chi connectivity index (χ2n) is 7.27. The highest BCUT2D eigenvalue weighted by Gasteiger charge is 2.39. The van der Waals surface area contributed by atoms with Crippen LogP contribution in [0.15, 0.2) is 18.2 Å². The highest BCUT2D eigenvalue weighted by Crippen LogP contribution is 2.37. The van der Waals surface area contributed by atoms with Gasteiger partial charge in [0.1, 0.15) is 5.82 Å². The first-order valence-electron chi connectivity index (χ1n) is 7.91. The molecule has 1 aromatic carbocycles. The van der Waals surface area contributed by atoms with Gasteiger partial charge in [-0.15, -0.1) is 0 Å². The van der Waals surface area contributed by atoms with Crippen LogP contribution in [0.2, 0.25) is 5.02 Å². The van der Waals surface area contributed by atoms with Crippen LogP contribution in [0.25, 0.3) is 0 Å². The van der Waals surface area contributed by atoms with Gasteiger partial charge in [0.05, 0.1) is 23.8 Å². The van der Waals surface area contributed by atoms with E-state index in [1.165, 1.54) is 17.0 Å². The fourth-order valence-electron chi connectivity index (χ4n) is 2.86. The Kier molecular flexibility index (Phi) is 5.73. The number of nitrogens with two attached hydrogens (primary N) is 1. The molecule has 24 heavy (non-hydrogen) atoms. The Morgan fingerprint density at radius 1 is 1.46 bits per heavy atom. The average Bonchev–Trinajstić information content (AvgIpc) is 2.69. The molecule has 0 aliphatic carbocycles. The molecule has 0 saturated carbocycles. The first-order chi connectivity index (χ1) is 11.1. The van der Waals surface area contributed by atoms with Gasteiger partial charge < -0.3 is 20.5 Å². The normalized spacial score (nSPS) is 25.4. The molecule has 3 atom stereocenters. The van der Waals surface area contributed by atoms with Gasteiger partial charge >= 0.3 is 6.09 Å². The van der Waals surface area contributed by atoms with Crippen LogP contribution in [0.3, 0.4) is 0 Å². The Hall–Kier alpha value is -1.37. The van der Waals surface area contributed by atoms with E-state index in [0.717, 1.165) is 0 Å². The molecule has 1 unspecified atom stereocenters. The molecule has 1 aromatic rings. The van der Waals surface area contributed by atoms with Crippen LogP contribution >= 0.6 is 11.6 Å². The van der Waals surface area contributed by atoms with Crippen molar-refractivity contribution in [3.05, 3.63) is 34.6 Å². The first-order valence-corrected chi connectivity index (χ1v) is 8.29. The maximum Gasteiger partial charge on any atom is 0.407 e. The second kappa shape index (κ2) is 7.25. The van der Waals surface area contributed by atoms with E-state index in [1.54, 1.807) is 6.07 Å². The number of carbonyl (C=O) groups is 1. The molecule has 1 aliphatic heterocycles. The van der Waals surface area contributed by atoms with Crippen molar-refractivity contribution >= 4 is 17.7 Å². The fraction of sp³-hybridized carbons (Fsp3) is 0.588. The van der Waals surface area contributed by atoms with Crippen molar-refractivity contribution in [2.75, 3.05) is 19.6 Å². The van der Waals surface area contributed by atoms with Gasteiger partial charge in [0, 0.05) is 12.5 Å². The summed E-state index contributed by atoms with van der Waals surface area (Å²) in [6.07, 6.45) is -1.83. The van der Waals surface area contributed by atoms with E-state index < -0.39 is 18.0 Å². The molecule has 1 aliphatic rings. The quantitative estimate of drug-likeness (QED) is 0.848. The zero-order valence-corrected chi connectivity index (χ0v) is 14.9. The summed E-state index contributed by atoms with van der Waals surface area (Å²) in [5.74, 6) is -0.797. The molecular formula is C17H24ClFN2O3. The molecule has 0 bridgehead atoms. The number of hydrogen-bond donors (Lipinski definition) is 2. The van der Waals surface area contributed by atoms with Gasteiger partial charge in [0.2, 0.25) is 0 Å². The number of rotatable bonds is 2. The lowest BCUT2D eigenvalue weighted by Crippen LogP contribution is -2.42. The lowest BCUT2D eigenvalue weighted by molar-refractivity contribution is -0.0758. The molecule has 0 spiro atoms. The molecule has 1 amide bonds. The fourth-order valence-corrected chi connectivity index (χ4v) is 2.97. The van der Waals surface area contributed by atoms with Crippen LogP contribution in [0.4, 0.5) is 9.18 Å². The van der Waals surface area contributed by atoms with Crippen molar-refractivity contribution in [2.45, 2.75) is 33.0 Å². The van der Waals surface area contributed by atoms with Crippen molar-refractivity contribution in [3.8, 4) is 0 Å². The van der Waals surface area contributed by atoms with E-state index in [0.29, 0.717) is 5.56 Å². The summed E-state index contributed by atoms with van der Waals surface area (Å²) in [5.41, 5.74) is 6.21. The third-order valence-corrected chi connectivity index (χ3v) is 4.70. The molecule has 0 aromatic heterocycles. The highest BCUT2D eigenvalue weighted by atomic mass is 35.5. The van der Waals surface area contributed by atoms with Gasteiger partial charge in [-0.05, 0) is 29.7 Å². The minimum atomic E-state index is -1.01. The van der Waals surface area contributed by atoms with Gasteiger partial charge in [-0.1, -0.05) is 38.4 Å². The predicted molar refractivity (Wildman–Crippen MR) is 90.6 cm³/mol. The van der Waals surface area contributed by atoms with Crippen LogP contribution in [-0.2, 0) is 4.74 Å². The topological polar surface area (TPSA) is 75.8 Å². The van der Waals surface area contributed by atoms with Crippen LogP contribution in [0.1, 0.15) is 32.4 Å². The molecule has 134 valence electrons. The summed E-state index contributed by atoms with van der Waals surface area (Å²) in [4.78, 5) is 12.9. The van der Waals surface area contributed by atoms with Crippen molar-refractivity contribution in [1.82, 2.24) is 4.90 Å². The lowest BCUT2D eigenvalue weighted by Gasteiger charge is -2.34.